The topological polar surface area (TPSA) is 87.7 Å². The van der Waals surface area contributed by atoms with Crippen LogP contribution in [-0.2, 0) is 20.9 Å². The van der Waals surface area contributed by atoms with Gasteiger partial charge < -0.3 is 20.3 Å². The Bertz CT molecular complexity index is 1370. The van der Waals surface area contributed by atoms with Gasteiger partial charge in [-0.15, -0.1) is 0 Å². The van der Waals surface area contributed by atoms with Crippen LogP contribution in [0.25, 0.3) is 0 Å². The molecule has 1 fully saturated rings. The highest BCUT2D eigenvalue weighted by atomic mass is 16.5. The maximum atomic E-state index is 14.4. The van der Waals surface area contributed by atoms with Crippen LogP contribution < -0.4 is 15.5 Å². The summed E-state index contributed by atoms with van der Waals surface area (Å²) in [4.78, 5) is 41.5. The highest BCUT2D eigenvalue weighted by Crippen LogP contribution is 2.45. The summed E-state index contributed by atoms with van der Waals surface area (Å²) < 4.78 is 5.02. The highest BCUT2D eigenvalue weighted by molar-refractivity contribution is 5.95. The Hall–Kier alpha value is -3.97. The lowest BCUT2D eigenvalue weighted by Gasteiger charge is -2.33. The van der Waals surface area contributed by atoms with Crippen molar-refractivity contribution >= 4 is 29.0 Å². The Labute approximate surface area is 242 Å². The van der Waals surface area contributed by atoms with Gasteiger partial charge in [-0.05, 0) is 60.7 Å². The Kier molecular flexibility index (Phi) is 8.84. The molecule has 0 aliphatic carbocycles. The van der Waals surface area contributed by atoms with E-state index in [-0.39, 0.29) is 53.9 Å². The van der Waals surface area contributed by atoms with E-state index in [0.717, 1.165) is 5.69 Å². The fourth-order valence-corrected chi connectivity index (χ4v) is 6.43. The average molecular weight is 554 g/mol. The summed E-state index contributed by atoms with van der Waals surface area (Å²) in [5.74, 6) is -0.286. The molecule has 0 radical (unpaired) electrons. The van der Waals surface area contributed by atoms with Gasteiger partial charge in [-0.2, -0.15) is 0 Å². The molecule has 0 spiro atoms. The van der Waals surface area contributed by atoms with Gasteiger partial charge >= 0.3 is 5.97 Å². The molecule has 4 unspecified atom stereocenters. The number of para-hydroxylation sites is 1. The van der Waals surface area contributed by atoms with Crippen LogP contribution >= 0.6 is 0 Å². The molecule has 0 bridgehead atoms. The molecule has 2 aliphatic rings. The Balaban J connectivity index is 1.30. The number of benzene rings is 3. The minimum Gasteiger partial charge on any atom is -0.462 e. The lowest BCUT2D eigenvalue weighted by atomic mass is 9.79. The summed E-state index contributed by atoms with van der Waals surface area (Å²) in [5.41, 5.74) is 4.59. The molecule has 2 N–H and O–H groups in total. The fraction of sp³-hybridized carbons (Fsp3) is 0.382. The van der Waals surface area contributed by atoms with Crippen LogP contribution in [0.4, 0.5) is 11.4 Å². The first-order valence-electron chi connectivity index (χ1n) is 14.6. The first-order chi connectivity index (χ1) is 19.9. The lowest BCUT2D eigenvalue weighted by molar-refractivity contribution is -0.126. The first kappa shape index (κ1) is 28.6. The zero-order chi connectivity index (χ0) is 28.9. The number of nitrogens with zero attached hydrogens (tertiary/aromatic N) is 1. The molecule has 1 amide bonds. The molecule has 4 atom stereocenters. The molecule has 2 heterocycles. The fourth-order valence-electron chi connectivity index (χ4n) is 6.43. The van der Waals surface area contributed by atoms with Gasteiger partial charge in [0.2, 0.25) is 5.91 Å². The van der Waals surface area contributed by atoms with Gasteiger partial charge in [0.05, 0.1) is 18.2 Å². The average Bonchev–Trinajstić information content (AvgIpc) is 3.19. The van der Waals surface area contributed by atoms with E-state index in [0.29, 0.717) is 37.4 Å². The van der Waals surface area contributed by atoms with Crippen molar-refractivity contribution < 1.29 is 19.1 Å². The van der Waals surface area contributed by atoms with Crippen molar-refractivity contribution in [1.82, 2.24) is 5.32 Å². The normalized spacial score (nSPS) is 21.7. The molecular weight excluding hydrogens is 514 g/mol. The zero-order valence-corrected chi connectivity index (χ0v) is 24.0. The highest BCUT2D eigenvalue weighted by Gasteiger charge is 2.49. The second kappa shape index (κ2) is 12.7. The summed E-state index contributed by atoms with van der Waals surface area (Å²) in [6.45, 7) is 7.64. The predicted octanol–water partition coefficient (Wildman–Crippen LogP) is 5.57. The van der Waals surface area contributed by atoms with Gasteiger partial charge in [0.1, 0.15) is 0 Å². The molecule has 5 rings (SSSR count). The number of hydrogen-bond donors (Lipinski definition) is 2. The van der Waals surface area contributed by atoms with Crippen molar-refractivity contribution in [3.05, 3.63) is 95.6 Å². The van der Waals surface area contributed by atoms with E-state index >= 15 is 0 Å². The van der Waals surface area contributed by atoms with Crippen molar-refractivity contribution in [3.8, 4) is 0 Å². The van der Waals surface area contributed by atoms with E-state index in [1.165, 1.54) is 11.1 Å². The Morgan fingerprint density at radius 2 is 1.71 bits per heavy atom. The van der Waals surface area contributed by atoms with Crippen LogP contribution in [0.15, 0.2) is 78.9 Å². The number of Topliss-reactive ketones (excluding diaryl/α,β-unsaturated/α-hetero) is 1. The Morgan fingerprint density at radius 3 is 2.41 bits per heavy atom. The van der Waals surface area contributed by atoms with Crippen LogP contribution in [0, 0.1) is 11.8 Å². The van der Waals surface area contributed by atoms with Gasteiger partial charge in [-0.25, -0.2) is 4.79 Å². The third kappa shape index (κ3) is 6.20. The Morgan fingerprint density at radius 1 is 1.00 bits per heavy atom. The van der Waals surface area contributed by atoms with Crippen LogP contribution in [0.2, 0.25) is 0 Å². The number of carbonyl (C=O) groups excluding carboxylic acids is 3. The van der Waals surface area contributed by atoms with E-state index in [4.69, 9.17) is 4.74 Å². The van der Waals surface area contributed by atoms with Crippen molar-refractivity contribution in [3.63, 3.8) is 0 Å². The molecule has 7 heteroatoms. The predicted molar refractivity (Wildman–Crippen MR) is 161 cm³/mol. The molecule has 0 aromatic heterocycles. The zero-order valence-electron chi connectivity index (χ0n) is 24.0. The number of nitrogens with one attached hydrogen (secondary N) is 2. The van der Waals surface area contributed by atoms with E-state index in [1.807, 2.05) is 24.3 Å². The lowest BCUT2D eigenvalue weighted by Crippen LogP contribution is -2.47. The number of esters is 1. The SMILES string of the molecule is CCOC(=O)c1ccc(NC(=O)CCC2NCC3c4ccccc4N(Cc4ccccc4)C3C(=O)C2C(C)C)cc1. The first-order valence-corrected chi connectivity index (χ1v) is 14.6. The molecule has 7 nitrogen and oxygen atoms in total. The van der Waals surface area contributed by atoms with Gasteiger partial charge in [0, 0.05) is 48.8 Å². The minimum atomic E-state index is -0.385. The van der Waals surface area contributed by atoms with Crippen LogP contribution in [-0.4, -0.2) is 42.9 Å². The minimum absolute atomic E-state index is 0.0559. The molecule has 41 heavy (non-hydrogen) atoms. The summed E-state index contributed by atoms with van der Waals surface area (Å²) >= 11 is 0. The van der Waals surface area contributed by atoms with Gasteiger partial charge in [-0.1, -0.05) is 62.4 Å². The summed E-state index contributed by atoms with van der Waals surface area (Å²) in [6, 6.07) is 25.0. The summed E-state index contributed by atoms with van der Waals surface area (Å²) in [7, 11) is 0. The van der Waals surface area contributed by atoms with Crippen LogP contribution in [0.1, 0.15) is 61.0 Å². The van der Waals surface area contributed by atoms with Gasteiger partial charge in [-0.3, -0.25) is 9.59 Å². The van der Waals surface area contributed by atoms with Gasteiger partial charge in [0.15, 0.2) is 5.78 Å². The van der Waals surface area contributed by atoms with Crippen LogP contribution in [0.3, 0.4) is 0 Å². The molecule has 3 aromatic rings. The van der Waals surface area contributed by atoms with Gasteiger partial charge in [0.25, 0.3) is 0 Å². The van der Waals surface area contributed by atoms with E-state index in [1.54, 1.807) is 31.2 Å². The van der Waals surface area contributed by atoms with Crippen LogP contribution in [0.5, 0.6) is 0 Å². The smallest absolute Gasteiger partial charge is 0.338 e. The number of rotatable bonds is 9. The van der Waals surface area contributed by atoms with E-state index in [2.05, 4.69) is 59.7 Å². The molecule has 1 saturated heterocycles. The third-order valence-corrected chi connectivity index (χ3v) is 8.29. The van der Waals surface area contributed by atoms with E-state index < -0.39 is 0 Å². The number of ether oxygens (including phenoxy) is 1. The molecule has 3 aromatic carbocycles. The van der Waals surface area contributed by atoms with Crippen molar-refractivity contribution in [2.24, 2.45) is 11.8 Å². The number of amides is 1. The van der Waals surface area contributed by atoms with Crippen molar-refractivity contribution in [2.75, 3.05) is 23.4 Å². The number of fused-ring (bicyclic) bond motifs is 3. The number of ketones is 1. The largest absolute Gasteiger partial charge is 0.462 e. The molecule has 2 aliphatic heterocycles. The second-order valence-corrected chi connectivity index (χ2v) is 11.3. The monoisotopic (exact) mass is 553 g/mol. The molecule has 214 valence electrons. The van der Waals surface area contributed by atoms with Crippen molar-refractivity contribution in [1.29, 1.82) is 0 Å². The quantitative estimate of drug-likeness (QED) is 0.337. The maximum absolute atomic E-state index is 14.4. The number of carbonyl (C=O) groups is 3. The molecule has 0 saturated carbocycles. The second-order valence-electron chi connectivity index (χ2n) is 11.3. The van der Waals surface area contributed by atoms with Crippen molar-refractivity contribution in [2.45, 2.75) is 58.2 Å². The van der Waals surface area contributed by atoms with E-state index in [9.17, 15) is 14.4 Å². The molecular formula is C34H39N3O4. The maximum Gasteiger partial charge on any atom is 0.338 e. The summed E-state index contributed by atoms with van der Waals surface area (Å²) in [6.07, 6.45) is 0.842. The standard InChI is InChI=1S/C34H39N3O4/c1-4-41-34(40)24-14-16-25(17-15-24)36-30(38)19-18-28-31(22(2)3)33(39)32-27(20-35-28)26-12-8-9-13-29(26)37(32)21-23-10-6-5-7-11-23/h5-17,22,27-28,31-32,35H,4,18-21H2,1-3H3,(H,36,38). The number of anilines is 2. The summed E-state index contributed by atoms with van der Waals surface area (Å²) in [5, 5.41) is 6.64. The third-order valence-electron chi connectivity index (χ3n) is 8.29. The number of hydrogen-bond acceptors (Lipinski definition) is 6.